The largest absolute Gasteiger partial charge is 0.504 e. The fraction of sp³-hybridized carbons (Fsp3) is 0.188. The average Bonchev–Trinajstić information content (AvgIpc) is 2.48. The number of hydrogen-bond donors (Lipinski definition) is 1. The van der Waals surface area contributed by atoms with E-state index in [0.717, 1.165) is 0 Å². The second kappa shape index (κ2) is 5.65. The molecule has 0 radical (unpaired) electrons. The van der Waals surface area contributed by atoms with Gasteiger partial charge in [0, 0.05) is 11.1 Å². The Labute approximate surface area is 117 Å². The summed E-state index contributed by atoms with van der Waals surface area (Å²) in [4.78, 5) is 12.4. The van der Waals surface area contributed by atoms with Crippen molar-refractivity contribution in [3.8, 4) is 17.2 Å². The van der Waals surface area contributed by atoms with Crippen molar-refractivity contribution in [1.29, 1.82) is 0 Å². The van der Waals surface area contributed by atoms with E-state index >= 15 is 0 Å². The number of ether oxygens (including phenoxy) is 2. The van der Waals surface area contributed by atoms with Crippen molar-refractivity contribution in [1.82, 2.24) is 0 Å². The predicted octanol–water partition coefficient (Wildman–Crippen LogP) is 2.95. The zero-order valence-electron chi connectivity index (χ0n) is 11.6. The number of ketones is 1. The summed E-state index contributed by atoms with van der Waals surface area (Å²) in [6.45, 7) is 1.76. The van der Waals surface area contributed by atoms with E-state index in [1.807, 2.05) is 6.07 Å². The van der Waals surface area contributed by atoms with Crippen LogP contribution in [0.15, 0.2) is 36.4 Å². The molecule has 0 aromatic heterocycles. The second-order valence-electron chi connectivity index (χ2n) is 4.33. The van der Waals surface area contributed by atoms with Gasteiger partial charge in [-0.3, -0.25) is 4.79 Å². The number of carbonyl (C=O) groups is 1. The number of phenolic OH excluding ortho intramolecular Hbond substituents is 1. The molecule has 2 aromatic rings. The molecule has 0 spiro atoms. The van der Waals surface area contributed by atoms with Gasteiger partial charge in [0.2, 0.25) is 0 Å². The summed E-state index contributed by atoms with van der Waals surface area (Å²) >= 11 is 0. The smallest absolute Gasteiger partial charge is 0.197 e. The lowest BCUT2D eigenvalue weighted by Gasteiger charge is -2.14. The zero-order valence-corrected chi connectivity index (χ0v) is 11.6. The van der Waals surface area contributed by atoms with Crippen LogP contribution in [0.25, 0.3) is 0 Å². The Bertz CT molecular complexity index is 633. The highest BCUT2D eigenvalue weighted by Gasteiger charge is 2.21. The molecule has 2 aromatic carbocycles. The third-order valence-electron chi connectivity index (χ3n) is 3.16. The van der Waals surface area contributed by atoms with Crippen LogP contribution in [0.5, 0.6) is 17.2 Å². The summed E-state index contributed by atoms with van der Waals surface area (Å²) in [5, 5.41) is 10.2. The van der Waals surface area contributed by atoms with Gasteiger partial charge in [0.25, 0.3) is 0 Å². The first kappa shape index (κ1) is 13.9. The lowest BCUT2D eigenvalue weighted by Crippen LogP contribution is -2.04. The standard InChI is InChI=1S/C16H16O4/c1-10-13(19-2)9-12(15(18)16(10)20-3)14(17)11-7-5-4-6-8-11/h4-9,18H,1-3H3. The molecule has 1 N–H and O–H groups in total. The minimum Gasteiger partial charge on any atom is -0.504 e. The maximum Gasteiger partial charge on any atom is 0.197 e. The number of rotatable bonds is 4. The first-order valence-corrected chi connectivity index (χ1v) is 6.14. The van der Waals surface area contributed by atoms with Crippen LogP contribution in [-0.4, -0.2) is 25.1 Å². The third kappa shape index (κ3) is 2.32. The highest BCUT2D eigenvalue weighted by molar-refractivity contribution is 6.11. The normalized spacial score (nSPS) is 10.2. The van der Waals surface area contributed by atoms with Gasteiger partial charge in [-0.15, -0.1) is 0 Å². The molecule has 4 nitrogen and oxygen atoms in total. The van der Waals surface area contributed by atoms with Crippen molar-refractivity contribution in [2.45, 2.75) is 6.92 Å². The van der Waals surface area contributed by atoms with Gasteiger partial charge in [-0.25, -0.2) is 0 Å². The molecule has 0 aliphatic heterocycles. The first-order valence-electron chi connectivity index (χ1n) is 6.14. The van der Waals surface area contributed by atoms with E-state index in [0.29, 0.717) is 16.9 Å². The van der Waals surface area contributed by atoms with Crippen molar-refractivity contribution >= 4 is 5.78 Å². The Kier molecular flexibility index (Phi) is 3.94. The van der Waals surface area contributed by atoms with Crippen molar-refractivity contribution in [2.24, 2.45) is 0 Å². The monoisotopic (exact) mass is 272 g/mol. The Morgan fingerprint density at radius 3 is 2.30 bits per heavy atom. The summed E-state index contributed by atoms with van der Waals surface area (Å²) in [5.74, 6) is 0.307. The molecular weight excluding hydrogens is 256 g/mol. The molecule has 4 heteroatoms. The van der Waals surface area contributed by atoms with Gasteiger partial charge in [0.15, 0.2) is 17.3 Å². The Morgan fingerprint density at radius 1 is 1.10 bits per heavy atom. The van der Waals surface area contributed by atoms with Crippen molar-refractivity contribution in [3.05, 3.63) is 53.1 Å². The minimum absolute atomic E-state index is 0.163. The molecule has 0 unspecified atom stereocenters. The Morgan fingerprint density at radius 2 is 1.75 bits per heavy atom. The van der Waals surface area contributed by atoms with Crippen LogP contribution in [0.4, 0.5) is 0 Å². The fourth-order valence-electron chi connectivity index (χ4n) is 2.10. The molecule has 20 heavy (non-hydrogen) atoms. The van der Waals surface area contributed by atoms with Crippen LogP contribution in [-0.2, 0) is 0 Å². The highest BCUT2D eigenvalue weighted by Crippen LogP contribution is 2.40. The summed E-state index contributed by atoms with van der Waals surface area (Å²) in [6, 6.07) is 10.3. The lowest BCUT2D eigenvalue weighted by atomic mass is 9.99. The lowest BCUT2D eigenvalue weighted by molar-refractivity contribution is 0.103. The molecule has 0 saturated heterocycles. The van der Waals surface area contributed by atoms with Crippen LogP contribution in [0.3, 0.4) is 0 Å². The number of carbonyl (C=O) groups excluding carboxylic acids is 1. The second-order valence-corrected chi connectivity index (χ2v) is 4.33. The molecule has 0 aliphatic rings. The van der Waals surface area contributed by atoms with E-state index in [9.17, 15) is 9.90 Å². The van der Waals surface area contributed by atoms with Gasteiger partial charge < -0.3 is 14.6 Å². The van der Waals surface area contributed by atoms with Gasteiger partial charge in [-0.1, -0.05) is 30.3 Å². The predicted molar refractivity (Wildman–Crippen MR) is 75.8 cm³/mol. The fourth-order valence-corrected chi connectivity index (χ4v) is 2.10. The van der Waals surface area contributed by atoms with Crippen LogP contribution in [0, 0.1) is 6.92 Å². The van der Waals surface area contributed by atoms with E-state index in [4.69, 9.17) is 9.47 Å². The van der Waals surface area contributed by atoms with Crippen LogP contribution in [0.1, 0.15) is 21.5 Å². The molecule has 0 fully saturated rings. The number of phenols is 1. The molecule has 0 saturated carbocycles. The van der Waals surface area contributed by atoms with Crippen molar-refractivity contribution in [3.63, 3.8) is 0 Å². The van der Waals surface area contributed by atoms with E-state index in [-0.39, 0.29) is 22.8 Å². The quantitative estimate of drug-likeness (QED) is 0.869. The zero-order chi connectivity index (χ0) is 14.7. The minimum atomic E-state index is -0.278. The maximum absolute atomic E-state index is 12.4. The number of benzene rings is 2. The highest BCUT2D eigenvalue weighted by atomic mass is 16.5. The van der Waals surface area contributed by atoms with Crippen LogP contribution >= 0.6 is 0 Å². The molecule has 0 aliphatic carbocycles. The van der Waals surface area contributed by atoms with E-state index in [1.165, 1.54) is 20.3 Å². The van der Waals surface area contributed by atoms with E-state index in [2.05, 4.69) is 0 Å². The van der Waals surface area contributed by atoms with E-state index in [1.54, 1.807) is 31.2 Å². The summed E-state index contributed by atoms with van der Waals surface area (Å²) in [6.07, 6.45) is 0. The maximum atomic E-state index is 12.4. The van der Waals surface area contributed by atoms with Gasteiger partial charge in [-0.2, -0.15) is 0 Å². The van der Waals surface area contributed by atoms with Gasteiger partial charge in [0.05, 0.1) is 19.8 Å². The Balaban J connectivity index is 2.60. The van der Waals surface area contributed by atoms with Crippen LogP contribution < -0.4 is 9.47 Å². The summed E-state index contributed by atoms with van der Waals surface area (Å²) in [5.41, 5.74) is 1.31. The van der Waals surface area contributed by atoms with Gasteiger partial charge >= 0.3 is 0 Å². The summed E-state index contributed by atoms with van der Waals surface area (Å²) < 4.78 is 10.4. The van der Waals surface area contributed by atoms with Crippen molar-refractivity contribution < 1.29 is 19.4 Å². The van der Waals surface area contributed by atoms with Gasteiger partial charge in [0.1, 0.15) is 5.75 Å². The van der Waals surface area contributed by atoms with Crippen molar-refractivity contribution in [2.75, 3.05) is 14.2 Å². The molecule has 104 valence electrons. The number of methoxy groups -OCH3 is 2. The number of aromatic hydroxyl groups is 1. The SMILES string of the molecule is COc1cc(C(=O)c2ccccc2)c(O)c(OC)c1C. The molecule has 2 rings (SSSR count). The average molecular weight is 272 g/mol. The third-order valence-corrected chi connectivity index (χ3v) is 3.16. The van der Waals surface area contributed by atoms with Crippen LogP contribution in [0.2, 0.25) is 0 Å². The molecule has 0 atom stereocenters. The first-order chi connectivity index (χ1) is 9.60. The number of hydrogen-bond acceptors (Lipinski definition) is 4. The van der Waals surface area contributed by atoms with E-state index < -0.39 is 0 Å². The molecule has 0 bridgehead atoms. The summed E-state index contributed by atoms with van der Waals surface area (Å²) in [7, 11) is 2.95. The molecule has 0 amide bonds. The topological polar surface area (TPSA) is 55.8 Å². The van der Waals surface area contributed by atoms with Gasteiger partial charge in [-0.05, 0) is 13.0 Å². The molecule has 0 heterocycles. The Hall–Kier alpha value is -2.49. The molecular formula is C16H16O4.